The summed E-state index contributed by atoms with van der Waals surface area (Å²) in [4.78, 5) is 27.3. The standard InChI is InChI=1S/C26H26N2O5S/c1-2-27(16-20-12-14-23(15-13-20)33-18-21-8-4-3-5-9-21)25(29)17-28-26(30)24-11-7-6-10-22(24)19-34(28,31)32/h3-15H,2,16-19H2,1H3. The molecule has 0 bridgehead atoms. The molecule has 1 aliphatic heterocycles. The SMILES string of the molecule is CCN(Cc1ccc(OCc2ccccc2)cc1)C(=O)CN1C(=O)c2ccccc2CS1(=O)=O. The predicted octanol–water partition coefficient (Wildman–Crippen LogP) is 3.60. The highest BCUT2D eigenvalue weighted by atomic mass is 32.2. The van der Waals surface area contributed by atoms with Crippen LogP contribution in [0.1, 0.15) is 34.0 Å². The minimum atomic E-state index is -3.91. The van der Waals surface area contributed by atoms with Crippen LogP contribution in [0.15, 0.2) is 78.9 Å². The summed E-state index contributed by atoms with van der Waals surface area (Å²) in [5.74, 6) is -0.668. The Labute approximate surface area is 199 Å². The van der Waals surface area contributed by atoms with Crippen LogP contribution < -0.4 is 4.74 Å². The van der Waals surface area contributed by atoms with E-state index in [9.17, 15) is 18.0 Å². The molecule has 0 atom stereocenters. The molecule has 0 aliphatic carbocycles. The van der Waals surface area contributed by atoms with Gasteiger partial charge in [-0.05, 0) is 41.8 Å². The topological polar surface area (TPSA) is 84.0 Å². The molecule has 34 heavy (non-hydrogen) atoms. The van der Waals surface area contributed by atoms with Gasteiger partial charge in [-0.25, -0.2) is 12.7 Å². The number of rotatable bonds is 8. The summed E-state index contributed by atoms with van der Waals surface area (Å²) in [5, 5.41) is 0. The van der Waals surface area contributed by atoms with Gasteiger partial charge in [0.25, 0.3) is 5.91 Å². The van der Waals surface area contributed by atoms with E-state index in [-0.39, 0.29) is 5.75 Å². The molecule has 0 N–H and O–H groups in total. The lowest BCUT2D eigenvalue weighted by Crippen LogP contribution is -2.48. The molecular formula is C26H26N2O5S. The van der Waals surface area contributed by atoms with Gasteiger partial charge in [-0.2, -0.15) is 0 Å². The fourth-order valence-corrected chi connectivity index (χ4v) is 5.27. The Balaban J connectivity index is 1.39. The first-order chi connectivity index (χ1) is 16.4. The van der Waals surface area contributed by atoms with Crippen LogP contribution in [0.25, 0.3) is 0 Å². The third kappa shape index (κ3) is 5.28. The maximum atomic E-state index is 13.0. The number of likely N-dealkylation sites (N-methyl/N-ethyl adjacent to an activating group) is 1. The monoisotopic (exact) mass is 478 g/mol. The van der Waals surface area contributed by atoms with Crippen molar-refractivity contribution in [1.29, 1.82) is 0 Å². The Bertz CT molecular complexity index is 1270. The van der Waals surface area contributed by atoms with E-state index < -0.39 is 28.4 Å². The summed E-state index contributed by atoms with van der Waals surface area (Å²) in [6.07, 6.45) is 0. The number of amides is 2. The van der Waals surface area contributed by atoms with Gasteiger partial charge in [0, 0.05) is 18.7 Å². The van der Waals surface area contributed by atoms with Crippen LogP contribution in [0.2, 0.25) is 0 Å². The van der Waals surface area contributed by atoms with Gasteiger partial charge in [0.2, 0.25) is 15.9 Å². The molecule has 0 fully saturated rings. The number of sulfonamides is 1. The van der Waals surface area contributed by atoms with Crippen molar-refractivity contribution < 1.29 is 22.7 Å². The van der Waals surface area contributed by atoms with Crippen molar-refractivity contribution in [3.63, 3.8) is 0 Å². The zero-order chi connectivity index (χ0) is 24.1. The third-order valence-corrected chi connectivity index (χ3v) is 7.35. The van der Waals surface area contributed by atoms with E-state index in [1.54, 1.807) is 24.3 Å². The highest BCUT2D eigenvalue weighted by molar-refractivity contribution is 7.89. The first-order valence-electron chi connectivity index (χ1n) is 11.0. The Morgan fingerprint density at radius 1 is 0.941 bits per heavy atom. The van der Waals surface area contributed by atoms with E-state index in [0.29, 0.717) is 40.9 Å². The molecule has 0 saturated heterocycles. The summed E-state index contributed by atoms with van der Waals surface area (Å²) in [7, 11) is -3.91. The molecule has 0 spiro atoms. The van der Waals surface area contributed by atoms with Crippen molar-refractivity contribution in [1.82, 2.24) is 9.21 Å². The van der Waals surface area contributed by atoms with Gasteiger partial charge in [0.1, 0.15) is 18.9 Å². The zero-order valence-electron chi connectivity index (χ0n) is 18.9. The Morgan fingerprint density at radius 2 is 1.62 bits per heavy atom. The van der Waals surface area contributed by atoms with Crippen molar-refractivity contribution in [2.45, 2.75) is 25.8 Å². The normalized spacial score (nSPS) is 14.4. The van der Waals surface area contributed by atoms with E-state index in [4.69, 9.17) is 4.74 Å². The fourth-order valence-electron chi connectivity index (χ4n) is 3.81. The minimum absolute atomic E-state index is 0.293. The van der Waals surface area contributed by atoms with Crippen LogP contribution in [-0.2, 0) is 33.7 Å². The second-order valence-corrected chi connectivity index (χ2v) is 9.94. The summed E-state index contributed by atoms with van der Waals surface area (Å²) in [6, 6.07) is 23.9. The van der Waals surface area contributed by atoms with Crippen LogP contribution in [0.3, 0.4) is 0 Å². The second-order valence-electron chi connectivity index (χ2n) is 8.05. The Kier molecular flexibility index (Phi) is 6.98. The van der Waals surface area contributed by atoms with Gasteiger partial charge in [-0.15, -0.1) is 0 Å². The smallest absolute Gasteiger partial charge is 0.268 e. The molecule has 2 amide bonds. The summed E-state index contributed by atoms with van der Waals surface area (Å²) >= 11 is 0. The highest BCUT2D eigenvalue weighted by Crippen LogP contribution is 2.25. The van der Waals surface area contributed by atoms with Crippen LogP contribution in [0.5, 0.6) is 5.75 Å². The lowest BCUT2D eigenvalue weighted by atomic mass is 10.1. The first-order valence-corrected chi connectivity index (χ1v) is 12.6. The lowest BCUT2D eigenvalue weighted by Gasteiger charge is -2.30. The molecule has 3 aromatic carbocycles. The van der Waals surface area contributed by atoms with E-state index >= 15 is 0 Å². The largest absolute Gasteiger partial charge is 0.489 e. The summed E-state index contributed by atoms with van der Waals surface area (Å²) < 4.78 is 31.9. The number of fused-ring (bicyclic) bond motifs is 1. The number of benzene rings is 3. The molecule has 1 heterocycles. The molecule has 176 valence electrons. The van der Waals surface area contributed by atoms with E-state index in [2.05, 4.69) is 0 Å². The molecule has 3 aromatic rings. The van der Waals surface area contributed by atoms with Crippen molar-refractivity contribution >= 4 is 21.8 Å². The average molecular weight is 479 g/mol. The third-order valence-electron chi connectivity index (χ3n) is 5.71. The molecule has 0 saturated carbocycles. The number of carbonyl (C=O) groups is 2. The second kappa shape index (κ2) is 10.1. The van der Waals surface area contributed by atoms with Crippen molar-refractivity contribution in [2.75, 3.05) is 13.1 Å². The summed E-state index contributed by atoms with van der Waals surface area (Å²) in [5.41, 5.74) is 2.72. The molecule has 4 rings (SSSR count). The van der Waals surface area contributed by atoms with Gasteiger partial charge in [0.15, 0.2) is 0 Å². The molecule has 8 heteroatoms. The van der Waals surface area contributed by atoms with Gasteiger partial charge in [-0.1, -0.05) is 60.7 Å². The number of hydrogen-bond donors (Lipinski definition) is 0. The van der Waals surface area contributed by atoms with Crippen molar-refractivity contribution in [3.8, 4) is 5.75 Å². The molecular weight excluding hydrogens is 452 g/mol. The first kappa shape index (κ1) is 23.5. The number of hydrogen-bond acceptors (Lipinski definition) is 5. The fraction of sp³-hybridized carbons (Fsp3) is 0.231. The number of carbonyl (C=O) groups excluding carboxylic acids is 2. The van der Waals surface area contributed by atoms with E-state index in [1.165, 1.54) is 4.90 Å². The Hall–Kier alpha value is -3.65. The van der Waals surface area contributed by atoms with Crippen LogP contribution >= 0.6 is 0 Å². The minimum Gasteiger partial charge on any atom is -0.489 e. The maximum absolute atomic E-state index is 13.0. The molecule has 1 aliphatic rings. The number of nitrogens with zero attached hydrogens (tertiary/aromatic N) is 2. The van der Waals surface area contributed by atoms with E-state index in [0.717, 1.165) is 11.1 Å². The van der Waals surface area contributed by atoms with Crippen molar-refractivity contribution in [2.24, 2.45) is 0 Å². The van der Waals surface area contributed by atoms with E-state index in [1.807, 2.05) is 61.5 Å². The van der Waals surface area contributed by atoms with Gasteiger partial charge >= 0.3 is 0 Å². The lowest BCUT2D eigenvalue weighted by molar-refractivity contribution is -0.131. The predicted molar refractivity (Wildman–Crippen MR) is 128 cm³/mol. The van der Waals surface area contributed by atoms with Gasteiger partial charge in [-0.3, -0.25) is 9.59 Å². The van der Waals surface area contributed by atoms with Crippen LogP contribution in [0.4, 0.5) is 0 Å². The number of ether oxygens (including phenoxy) is 1. The molecule has 7 nitrogen and oxygen atoms in total. The highest BCUT2D eigenvalue weighted by Gasteiger charge is 2.37. The van der Waals surface area contributed by atoms with Crippen molar-refractivity contribution in [3.05, 3.63) is 101 Å². The van der Waals surface area contributed by atoms with Gasteiger partial charge in [0.05, 0.1) is 5.75 Å². The average Bonchev–Trinajstić information content (AvgIpc) is 2.84. The maximum Gasteiger partial charge on any atom is 0.268 e. The van der Waals surface area contributed by atoms with Gasteiger partial charge < -0.3 is 9.64 Å². The van der Waals surface area contributed by atoms with Crippen LogP contribution in [-0.4, -0.2) is 42.5 Å². The quantitative estimate of drug-likeness (QED) is 0.494. The molecule has 0 unspecified atom stereocenters. The van der Waals surface area contributed by atoms with Crippen LogP contribution in [0, 0.1) is 0 Å². The summed E-state index contributed by atoms with van der Waals surface area (Å²) in [6.45, 7) is 2.44. The Morgan fingerprint density at radius 3 is 2.32 bits per heavy atom. The molecule has 0 radical (unpaired) electrons. The zero-order valence-corrected chi connectivity index (χ0v) is 19.7. The molecule has 0 aromatic heterocycles.